The molecule has 2 heterocycles. The SMILES string of the molecule is CC(C)(C)NC(=O)NC1CCCc2nc(-c3cccnc3)ncc21. The standard InChI is InChI=1S/C18H23N5O/c1-18(2,3)23-17(24)22-15-8-4-7-14-13(15)11-20-16(21-14)12-6-5-9-19-10-12/h5-6,9-11,15H,4,7-8H2,1-3H3,(H2,22,23,24). The summed E-state index contributed by atoms with van der Waals surface area (Å²) in [5, 5.41) is 5.98. The molecule has 0 spiro atoms. The Morgan fingerprint density at radius 3 is 2.83 bits per heavy atom. The molecule has 6 heteroatoms. The maximum Gasteiger partial charge on any atom is 0.315 e. The second-order valence-electron chi connectivity index (χ2n) is 7.13. The normalized spacial score (nSPS) is 17.0. The van der Waals surface area contributed by atoms with Crippen LogP contribution in [0.25, 0.3) is 11.4 Å². The van der Waals surface area contributed by atoms with Crippen molar-refractivity contribution in [1.82, 2.24) is 25.6 Å². The third-order valence-corrected chi connectivity index (χ3v) is 3.90. The number of urea groups is 1. The van der Waals surface area contributed by atoms with Crippen molar-refractivity contribution in [3.8, 4) is 11.4 Å². The number of aromatic nitrogens is 3. The van der Waals surface area contributed by atoms with E-state index in [2.05, 4.69) is 20.6 Å². The van der Waals surface area contributed by atoms with E-state index in [-0.39, 0.29) is 17.6 Å². The van der Waals surface area contributed by atoms with Crippen LogP contribution in [0.1, 0.15) is 50.9 Å². The first kappa shape index (κ1) is 16.4. The Morgan fingerprint density at radius 2 is 2.12 bits per heavy atom. The van der Waals surface area contributed by atoms with Gasteiger partial charge in [0.15, 0.2) is 5.82 Å². The number of nitrogens with one attached hydrogen (secondary N) is 2. The van der Waals surface area contributed by atoms with Gasteiger partial charge in [0.2, 0.25) is 0 Å². The minimum Gasteiger partial charge on any atom is -0.334 e. The Hall–Kier alpha value is -2.50. The van der Waals surface area contributed by atoms with Crippen molar-refractivity contribution >= 4 is 6.03 Å². The van der Waals surface area contributed by atoms with Crippen LogP contribution in [-0.2, 0) is 6.42 Å². The van der Waals surface area contributed by atoms with Crippen LogP contribution >= 0.6 is 0 Å². The minimum absolute atomic E-state index is 0.0425. The molecule has 2 aromatic rings. The van der Waals surface area contributed by atoms with Crippen LogP contribution in [0.15, 0.2) is 30.7 Å². The lowest BCUT2D eigenvalue weighted by molar-refractivity contribution is 0.226. The highest BCUT2D eigenvalue weighted by molar-refractivity contribution is 5.75. The summed E-state index contributed by atoms with van der Waals surface area (Å²) in [7, 11) is 0. The topological polar surface area (TPSA) is 79.8 Å². The van der Waals surface area contributed by atoms with Crippen molar-refractivity contribution in [2.45, 2.75) is 51.6 Å². The predicted octanol–water partition coefficient (Wildman–Crippen LogP) is 3.01. The molecule has 3 rings (SSSR count). The van der Waals surface area contributed by atoms with Crippen molar-refractivity contribution in [3.63, 3.8) is 0 Å². The zero-order valence-electron chi connectivity index (χ0n) is 14.3. The molecule has 1 unspecified atom stereocenters. The molecule has 0 aromatic carbocycles. The van der Waals surface area contributed by atoms with Gasteiger partial charge in [0.1, 0.15) is 0 Å². The van der Waals surface area contributed by atoms with Gasteiger partial charge >= 0.3 is 6.03 Å². The lowest BCUT2D eigenvalue weighted by Crippen LogP contribution is -2.47. The van der Waals surface area contributed by atoms with Crippen LogP contribution in [0.3, 0.4) is 0 Å². The van der Waals surface area contributed by atoms with E-state index < -0.39 is 0 Å². The number of fused-ring (bicyclic) bond motifs is 1. The highest BCUT2D eigenvalue weighted by Gasteiger charge is 2.25. The molecule has 0 bridgehead atoms. The Balaban J connectivity index is 1.80. The van der Waals surface area contributed by atoms with Gasteiger partial charge in [-0.3, -0.25) is 4.98 Å². The summed E-state index contributed by atoms with van der Waals surface area (Å²) in [4.78, 5) is 25.4. The predicted molar refractivity (Wildman–Crippen MR) is 92.4 cm³/mol. The van der Waals surface area contributed by atoms with Crippen LogP contribution in [-0.4, -0.2) is 26.5 Å². The largest absolute Gasteiger partial charge is 0.334 e. The molecular weight excluding hydrogens is 302 g/mol. The first-order chi connectivity index (χ1) is 11.4. The number of rotatable bonds is 2. The molecule has 2 N–H and O–H groups in total. The number of hydrogen-bond acceptors (Lipinski definition) is 4. The van der Waals surface area contributed by atoms with E-state index in [0.29, 0.717) is 5.82 Å². The molecule has 0 fully saturated rings. The molecule has 0 saturated carbocycles. The van der Waals surface area contributed by atoms with Gasteiger partial charge in [-0.05, 0) is 52.2 Å². The Bertz CT molecular complexity index is 724. The summed E-state index contributed by atoms with van der Waals surface area (Å²) in [5.41, 5.74) is 2.66. The molecule has 126 valence electrons. The monoisotopic (exact) mass is 325 g/mol. The summed E-state index contributed by atoms with van der Waals surface area (Å²) in [5.74, 6) is 0.682. The maximum absolute atomic E-state index is 12.2. The molecule has 2 amide bonds. The smallest absolute Gasteiger partial charge is 0.315 e. The lowest BCUT2D eigenvalue weighted by Gasteiger charge is -2.28. The average Bonchev–Trinajstić information content (AvgIpc) is 2.54. The fourth-order valence-corrected chi connectivity index (χ4v) is 2.87. The number of pyridine rings is 1. The Morgan fingerprint density at radius 1 is 1.29 bits per heavy atom. The third kappa shape index (κ3) is 3.88. The molecular formula is C18H23N5O. The van der Waals surface area contributed by atoms with E-state index in [4.69, 9.17) is 4.98 Å². The molecule has 0 radical (unpaired) electrons. The minimum atomic E-state index is -0.262. The van der Waals surface area contributed by atoms with Gasteiger partial charge in [0, 0.05) is 41.0 Å². The maximum atomic E-state index is 12.2. The van der Waals surface area contributed by atoms with Gasteiger partial charge in [-0.2, -0.15) is 0 Å². The molecule has 1 aliphatic rings. The molecule has 6 nitrogen and oxygen atoms in total. The number of amides is 2. The number of hydrogen-bond donors (Lipinski definition) is 2. The molecule has 1 atom stereocenters. The Kier molecular flexibility index (Phi) is 4.46. The molecule has 0 saturated heterocycles. The van der Waals surface area contributed by atoms with Crippen molar-refractivity contribution in [2.75, 3.05) is 0 Å². The van der Waals surface area contributed by atoms with Crippen molar-refractivity contribution in [1.29, 1.82) is 0 Å². The van der Waals surface area contributed by atoms with Crippen molar-refractivity contribution in [3.05, 3.63) is 42.0 Å². The van der Waals surface area contributed by atoms with Gasteiger partial charge in [-0.15, -0.1) is 0 Å². The first-order valence-electron chi connectivity index (χ1n) is 8.27. The van der Waals surface area contributed by atoms with E-state index in [0.717, 1.165) is 36.1 Å². The average molecular weight is 325 g/mol. The van der Waals surface area contributed by atoms with E-state index >= 15 is 0 Å². The quantitative estimate of drug-likeness (QED) is 0.889. The summed E-state index contributed by atoms with van der Waals surface area (Å²) in [6.07, 6.45) is 8.14. The number of carbonyl (C=O) groups excluding carboxylic acids is 1. The summed E-state index contributed by atoms with van der Waals surface area (Å²) >= 11 is 0. The van der Waals surface area contributed by atoms with Crippen LogP contribution in [0, 0.1) is 0 Å². The lowest BCUT2D eigenvalue weighted by atomic mass is 9.92. The molecule has 24 heavy (non-hydrogen) atoms. The van der Waals surface area contributed by atoms with Crippen molar-refractivity contribution < 1.29 is 4.79 Å². The Labute approximate surface area is 142 Å². The van der Waals surface area contributed by atoms with Gasteiger partial charge < -0.3 is 10.6 Å². The van der Waals surface area contributed by atoms with Gasteiger partial charge in [-0.25, -0.2) is 14.8 Å². The van der Waals surface area contributed by atoms with Crippen molar-refractivity contribution in [2.24, 2.45) is 0 Å². The third-order valence-electron chi connectivity index (χ3n) is 3.90. The van der Waals surface area contributed by atoms with Gasteiger partial charge in [0.25, 0.3) is 0 Å². The molecule has 1 aliphatic carbocycles. The fourth-order valence-electron chi connectivity index (χ4n) is 2.87. The van der Waals surface area contributed by atoms with E-state index in [9.17, 15) is 4.79 Å². The second-order valence-corrected chi connectivity index (χ2v) is 7.13. The second kappa shape index (κ2) is 6.55. The summed E-state index contributed by atoms with van der Waals surface area (Å²) < 4.78 is 0. The van der Waals surface area contributed by atoms with E-state index in [1.165, 1.54) is 0 Å². The van der Waals surface area contributed by atoms with Gasteiger partial charge in [0.05, 0.1) is 6.04 Å². The highest BCUT2D eigenvalue weighted by atomic mass is 16.2. The van der Waals surface area contributed by atoms with Crippen LogP contribution in [0.2, 0.25) is 0 Å². The fraction of sp³-hybridized carbons (Fsp3) is 0.444. The number of nitrogens with zero attached hydrogens (tertiary/aromatic N) is 3. The van der Waals surface area contributed by atoms with Crippen LogP contribution in [0.4, 0.5) is 4.79 Å². The zero-order valence-corrected chi connectivity index (χ0v) is 14.3. The molecule has 0 aliphatic heterocycles. The first-order valence-corrected chi connectivity index (χ1v) is 8.27. The number of carbonyl (C=O) groups is 1. The summed E-state index contributed by atoms with van der Waals surface area (Å²) in [6.45, 7) is 5.89. The van der Waals surface area contributed by atoms with Crippen LogP contribution in [0.5, 0.6) is 0 Å². The zero-order chi connectivity index (χ0) is 17.2. The van der Waals surface area contributed by atoms with Crippen LogP contribution < -0.4 is 10.6 Å². The highest BCUT2D eigenvalue weighted by Crippen LogP contribution is 2.29. The van der Waals surface area contributed by atoms with E-state index in [1.54, 1.807) is 12.4 Å². The van der Waals surface area contributed by atoms with E-state index in [1.807, 2.05) is 39.1 Å². The number of aryl methyl sites for hydroxylation is 1. The van der Waals surface area contributed by atoms with Gasteiger partial charge in [-0.1, -0.05) is 0 Å². The molecule has 2 aromatic heterocycles. The summed E-state index contributed by atoms with van der Waals surface area (Å²) in [6, 6.07) is 3.62.